The highest BCUT2D eigenvalue weighted by Gasteiger charge is 1.96. The molecule has 0 saturated heterocycles. The van der Waals surface area contributed by atoms with Crippen molar-refractivity contribution in [1.82, 2.24) is 0 Å². The fraction of sp³-hybridized carbons (Fsp3) is 0. The van der Waals surface area contributed by atoms with Crippen molar-refractivity contribution in [2.24, 2.45) is 0 Å². The van der Waals surface area contributed by atoms with E-state index in [4.69, 9.17) is 5.73 Å². The summed E-state index contributed by atoms with van der Waals surface area (Å²) < 4.78 is 0. The molecule has 1 aromatic rings. The normalized spacial score (nSPS) is 10.2. The number of hydrogen-bond donors (Lipinski definition) is 1. The van der Waals surface area contributed by atoms with Crippen molar-refractivity contribution in [1.29, 1.82) is 0 Å². The summed E-state index contributed by atoms with van der Waals surface area (Å²) in [7, 11) is 0. The summed E-state index contributed by atoms with van der Waals surface area (Å²) in [6.07, 6.45) is 4.35. The second-order valence-corrected chi connectivity index (χ2v) is 2.50. The van der Waals surface area contributed by atoms with E-state index in [-0.39, 0.29) is 0 Å². The van der Waals surface area contributed by atoms with Crippen LogP contribution in [0.3, 0.4) is 0 Å². The van der Waals surface area contributed by atoms with E-state index in [1.165, 1.54) is 6.08 Å². The Balaban J connectivity index is 3.04. The van der Waals surface area contributed by atoms with Crippen LogP contribution in [-0.4, -0.2) is 12.6 Å². The maximum atomic E-state index is 10.4. The number of benzene rings is 1. The molecule has 0 aliphatic carbocycles. The number of aldehydes is 2. The van der Waals surface area contributed by atoms with Gasteiger partial charge in [0, 0.05) is 11.3 Å². The third-order valence-corrected chi connectivity index (χ3v) is 1.60. The lowest BCUT2D eigenvalue weighted by Crippen LogP contribution is -1.91. The van der Waals surface area contributed by atoms with Gasteiger partial charge in [-0.05, 0) is 23.8 Å². The summed E-state index contributed by atoms with van der Waals surface area (Å²) >= 11 is 0. The first-order valence-electron chi connectivity index (χ1n) is 3.74. The van der Waals surface area contributed by atoms with Gasteiger partial charge in [-0.2, -0.15) is 0 Å². The van der Waals surface area contributed by atoms with Crippen LogP contribution in [0, 0.1) is 0 Å². The average Bonchev–Trinajstić information content (AvgIpc) is 2.16. The van der Waals surface area contributed by atoms with E-state index in [0.29, 0.717) is 17.5 Å². The maximum Gasteiger partial charge on any atom is 0.150 e. The van der Waals surface area contributed by atoms with Crippen molar-refractivity contribution in [2.45, 2.75) is 0 Å². The summed E-state index contributed by atoms with van der Waals surface area (Å²) in [5.74, 6) is 0. The Morgan fingerprint density at radius 1 is 1.23 bits per heavy atom. The van der Waals surface area contributed by atoms with Crippen molar-refractivity contribution in [3.05, 3.63) is 35.4 Å². The van der Waals surface area contributed by atoms with Crippen LogP contribution in [0.25, 0.3) is 6.08 Å². The second kappa shape index (κ2) is 4.21. The Morgan fingerprint density at radius 2 is 2.00 bits per heavy atom. The summed E-state index contributed by atoms with van der Waals surface area (Å²) in [4.78, 5) is 20.4. The molecule has 0 spiro atoms. The van der Waals surface area contributed by atoms with Gasteiger partial charge in [0.1, 0.15) is 12.6 Å². The first kappa shape index (κ1) is 9.19. The summed E-state index contributed by atoms with van der Waals surface area (Å²) in [5.41, 5.74) is 7.36. The van der Waals surface area contributed by atoms with Crippen LogP contribution in [0.5, 0.6) is 0 Å². The fourth-order valence-electron chi connectivity index (χ4n) is 0.961. The lowest BCUT2D eigenvalue weighted by Gasteiger charge is -1.99. The van der Waals surface area contributed by atoms with Crippen LogP contribution in [0.15, 0.2) is 24.3 Å². The van der Waals surface area contributed by atoms with E-state index < -0.39 is 0 Å². The molecule has 13 heavy (non-hydrogen) atoms. The smallest absolute Gasteiger partial charge is 0.150 e. The van der Waals surface area contributed by atoms with Crippen LogP contribution in [0.4, 0.5) is 5.69 Å². The van der Waals surface area contributed by atoms with Gasteiger partial charge in [0.2, 0.25) is 0 Å². The van der Waals surface area contributed by atoms with Gasteiger partial charge in [0.05, 0.1) is 0 Å². The van der Waals surface area contributed by atoms with E-state index in [1.54, 1.807) is 24.3 Å². The molecule has 0 fully saturated rings. The van der Waals surface area contributed by atoms with Crippen molar-refractivity contribution in [3.63, 3.8) is 0 Å². The average molecular weight is 175 g/mol. The molecule has 2 N–H and O–H groups in total. The Hall–Kier alpha value is -1.90. The third kappa shape index (κ3) is 2.27. The molecule has 66 valence electrons. The van der Waals surface area contributed by atoms with E-state index in [1.807, 2.05) is 0 Å². The Morgan fingerprint density at radius 3 is 2.54 bits per heavy atom. The third-order valence-electron chi connectivity index (χ3n) is 1.60. The van der Waals surface area contributed by atoms with E-state index in [0.717, 1.165) is 11.8 Å². The van der Waals surface area contributed by atoms with Crippen molar-refractivity contribution < 1.29 is 9.59 Å². The molecule has 0 radical (unpaired) electrons. The minimum absolute atomic E-state index is 0.489. The maximum absolute atomic E-state index is 10.4. The van der Waals surface area contributed by atoms with Gasteiger partial charge in [-0.15, -0.1) is 0 Å². The van der Waals surface area contributed by atoms with Gasteiger partial charge < -0.3 is 5.73 Å². The van der Waals surface area contributed by atoms with Crippen molar-refractivity contribution in [2.75, 3.05) is 5.73 Å². The number of anilines is 1. The van der Waals surface area contributed by atoms with Crippen molar-refractivity contribution >= 4 is 24.3 Å². The highest BCUT2D eigenvalue weighted by molar-refractivity contribution is 5.82. The molecule has 1 rings (SSSR count). The van der Waals surface area contributed by atoms with Gasteiger partial charge in [0.25, 0.3) is 0 Å². The largest absolute Gasteiger partial charge is 0.398 e. The quantitative estimate of drug-likeness (QED) is 0.428. The standard InChI is InChI=1S/C10H9NO2/c11-10-6-8(7-13)3-4-9(10)2-1-5-12/h1-7H,11H2/b2-1+. The second-order valence-electron chi connectivity index (χ2n) is 2.50. The van der Waals surface area contributed by atoms with Gasteiger partial charge in [-0.3, -0.25) is 9.59 Å². The van der Waals surface area contributed by atoms with E-state index >= 15 is 0 Å². The zero-order valence-corrected chi connectivity index (χ0v) is 6.94. The minimum Gasteiger partial charge on any atom is -0.398 e. The SMILES string of the molecule is Nc1cc(C=O)ccc1/C=C/C=O. The molecule has 0 atom stereocenters. The summed E-state index contributed by atoms with van der Waals surface area (Å²) in [5, 5.41) is 0. The Labute approximate surface area is 75.9 Å². The number of carbonyl (C=O) groups excluding carboxylic acids is 2. The molecule has 3 heteroatoms. The predicted octanol–water partition coefficient (Wildman–Crippen LogP) is 1.29. The molecule has 0 heterocycles. The molecule has 0 unspecified atom stereocenters. The predicted molar refractivity (Wildman–Crippen MR) is 51.3 cm³/mol. The Kier molecular flexibility index (Phi) is 2.97. The zero-order valence-electron chi connectivity index (χ0n) is 6.94. The molecule has 0 bridgehead atoms. The monoisotopic (exact) mass is 175 g/mol. The molecular weight excluding hydrogens is 166 g/mol. The number of carbonyl (C=O) groups is 2. The summed E-state index contributed by atoms with van der Waals surface area (Å²) in [6.45, 7) is 0. The lowest BCUT2D eigenvalue weighted by molar-refractivity contribution is -0.104. The van der Waals surface area contributed by atoms with Crippen LogP contribution in [0.2, 0.25) is 0 Å². The van der Waals surface area contributed by atoms with E-state index in [9.17, 15) is 9.59 Å². The lowest BCUT2D eigenvalue weighted by atomic mass is 10.1. The molecule has 0 aromatic heterocycles. The molecule has 1 aromatic carbocycles. The molecule has 0 saturated carbocycles. The summed E-state index contributed by atoms with van der Waals surface area (Å²) in [6, 6.07) is 4.91. The molecule has 0 aliphatic heterocycles. The van der Waals surface area contributed by atoms with Gasteiger partial charge >= 0.3 is 0 Å². The van der Waals surface area contributed by atoms with Crippen LogP contribution >= 0.6 is 0 Å². The topological polar surface area (TPSA) is 60.2 Å². The zero-order chi connectivity index (χ0) is 9.68. The molecule has 0 aliphatic rings. The molecule has 0 amide bonds. The molecule has 3 nitrogen and oxygen atoms in total. The Bertz CT molecular complexity index is 356. The first-order chi connectivity index (χ1) is 6.27. The van der Waals surface area contributed by atoms with Crippen molar-refractivity contribution in [3.8, 4) is 0 Å². The first-order valence-corrected chi connectivity index (χ1v) is 3.74. The fourth-order valence-corrected chi connectivity index (χ4v) is 0.961. The van der Waals surface area contributed by atoms with E-state index in [2.05, 4.69) is 0 Å². The van der Waals surface area contributed by atoms with Gasteiger partial charge in [-0.1, -0.05) is 12.1 Å². The molecular formula is C10H9NO2. The highest BCUT2D eigenvalue weighted by atomic mass is 16.1. The number of hydrogen-bond acceptors (Lipinski definition) is 3. The number of nitrogens with two attached hydrogens (primary N) is 1. The highest BCUT2D eigenvalue weighted by Crippen LogP contribution is 2.14. The van der Waals surface area contributed by atoms with Gasteiger partial charge in [-0.25, -0.2) is 0 Å². The number of nitrogen functional groups attached to an aromatic ring is 1. The number of rotatable bonds is 3. The minimum atomic E-state index is 0.489. The number of allylic oxidation sites excluding steroid dienone is 1. The van der Waals surface area contributed by atoms with Gasteiger partial charge in [0.15, 0.2) is 0 Å². The van der Waals surface area contributed by atoms with Crippen LogP contribution < -0.4 is 5.73 Å². The van der Waals surface area contributed by atoms with Crippen LogP contribution in [0.1, 0.15) is 15.9 Å². The van der Waals surface area contributed by atoms with Crippen LogP contribution in [-0.2, 0) is 4.79 Å².